The molecule has 0 spiro atoms. The van der Waals surface area contributed by atoms with Crippen LogP contribution in [0.2, 0.25) is 0 Å². The molecule has 0 aliphatic rings. The van der Waals surface area contributed by atoms with E-state index in [1.807, 2.05) is 73.7 Å². The van der Waals surface area contributed by atoms with Crippen LogP contribution in [0.25, 0.3) is 11.5 Å². The molecule has 0 aliphatic heterocycles. The van der Waals surface area contributed by atoms with Crippen molar-refractivity contribution in [1.82, 2.24) is 4.98 Å². The second-order valence-corrected chi connectivity index (χ2v) is 7.79. The molecule has 6 heteroatoms. The minimum atomic E-state index is -0.373. The minimum Gasteiger partial charge on any atom is -0.487 e. The van der Waals surface area contributed by atoms with Crippen molar-refractivity contribution in [2.24, 2.45) is 0 Å². The lowest BCUT2D eigenvalue weighted by atomic mass is 10.0. The lowest BCUT2D eigenvalue weighted by Gasteiger charge is -2.14. The summed E-state index contributed by atoms with van der Waals surface area (Å²) in [6.45, 7) is 2.17. The van der Waals surface area contributed by atoms with Crippen LogP contribution >= 0.6 is 12.6 Å². The number of oxazole rings is 1. The van der Waals surface area contributed by atoms with Crippen LogP contribution in [0.4, 0.5) is 0 Å². The Morgan fingerprint density at radius 2 is 1.72 bits per heavy atom. The van der Waals surface area contributed by atoms with Crippen LogP contribution in [0.15, 0.2) is 83.3 Å². The van der Waals surface area contributed by atoms with E-state index in [0.29, 0.717) is 23.8 Å². The molecular weight excluding hydrogens is 422 g/mol. The van der Waals surface area contributed by atoms with Crippen LogP contribution in [-0.2, 0) is 11.3 Å². The van der Waals surface area contributed by atoms with E-state index >= 15 is 0 Å². The van der Waals surface area contributed by atoms with Gasteiger partial charge in [0.2, 0.25) is 5.89 Å². The number of hydrogen-bond acceptors (Lipinski definition) is 6. The van der Waals surface area contributed by atoms with Gasteiger partial charge in [0.25, 0.3) is 0 Å². The van der Waals surface area contributed by atoms with Crippen LogP contribution in [0.5, 0.6) is 5.75 Å². The summed E-state index contributed by atoms with van der Waals surface area (Å²) >= 11 is 4.76. The zero-order valence-corrected chi connectivity index (χ0v) is 18.7. The summed E-state index contributed by atoms with van der Waals surface area (Å²) in [6.07, 6.45) is 0. The molecule has 0 amide bonds. The van der Waals surface area contributed by atoms with Crippen molar-refractivity contribution in [3.05, 3.63) is 107 Å². The molecule has 0 aliphatic carbocycles. The molecule has 1 unspecified atom stereocenters. The van der Waals surface area contributed by atoms with Crippen LogP contribution in [0.3, 0.4) is 0 Å². The van der Waals surface area contributed by atoms with Gasteiger partial charge in [0.15, 0.2) is 0 Å². The van der Waals surface area contributed by atoms with Gasteiger partial charge < -0.3 is 13.9 Å². The van der Waals surface area contributed by atoms with E-state index in [1.165, 1.54) is 7.11 Å². The van der Waals surface area contributed by atoms with Crippen molar-refractivity contribution >= 4 is 18.6 Å². The molecule has 0 fully saturated rings. The Morgan fingerprint density at radius 1 is 1.00 bits per heavy atom. The number of ether oxygens (including phenoxy) is 2. The van der Waals surface area contributed by atoms with Gasteiger partial charge in [0.05, 0.1) is 17.9 Å². The van der Waals surface area contributed by atoms with Gasteiger partial charge in [-0.15, -0.1) is 0 Å². The Hall–Kier alpha value is -3.51. The fourth-order valence-electron chi connectivity index (χ4n) is 3.34. The largest absolute Gasteiger partial charge is 0.487 e. The van der Waals surface area contributed by atoms with Crippen molar-refractivity contribution < 1.29 is 18.7 Å². The van der Waals surface area contributed by atoms with Crippen molar-refractivity contribution in [3.8, 4) is 17.2 Å². The van der Waals surface area contributed by atoms with Crippen LogP contribution < -0.4 is 4.74 Å². The van der Waals surface area contributed by atoms with Crippen molar-refractivity contribution in [1.29, 1.82) is 0 Å². The number of benzene rings is 3. The number of carbonyl (C=O) groups is 1. The Morgan fingerprint density at radius 3 is 2.47 bits per heavy atom. The van der Waals surface area contributed by atoms with Crippen molar-refractivity contribution in [2.45, 2.75) is 18.8 Å². The van der Waals surface area contributed by atoms with E-state index < -0.39 is 0 Å². The van der Waals surface area contributed by atoms with Crippen LogP contribution in [-0.4, -0.2) is 18.1 Å². The van der Waals surface area contributed by atoms with Gasteiger partial charge in [-0.25, -0.2) is 9.78 Å². The predicted molar refractivity (Wildman–Crippen MR) is 126 cm³/mol. The molecule has 162 valence electrons. The van der Waals surface area contributed by atoms with Gasteiger partial charge in [0, 0.05) is 5.56 Å². The summed E-state index contributed by atoms with van der Waals surface area (Å²) in [5.41, 5.74) is 4.02. The summed E-state index contributed by atoms with van der Waals surface area (Å²) in [5.74, 6) is 1.64. The number of aromatic nitrogens is 1. The molecule has 1 heterocycles. The number of esters is 1. The smallest absolute Gasteiger partial charge is 0.337 e. The quantitative estimate of drug-likeness (QED) is 0.278. The van der Waals surface area contributed by atoms with Gasteiger partial charge in [0.1, 0.15) is 23.8 Å². The molecule has 0 N–H and O–H groups in total. The maximum atomic E-state index is 11.8. The molecule has 5 nitrogen and oxygen atoms in total. The van der Waals surface area contributed by atoms with E-state index in [9.17, 15) is 4.79 Å². The fraction of sp³-hybridized carbons (Fsp3) is 0.154. The molecule has 4 aromatic rings. The number of nitrogens with zero attached hydrogens (tertiary/aromatic N) is 1. The standard InChI is InChI=1S/C26H23NO4S/c1-17-23(27-25(31-17)18-8-4-3-5-9-18)16-30-22-13-7-11-20(15-22)24(32)19-10-6-12-21(14-19)26(28)29-2/h3-15,24,32H,16H2,1-2H3. The third-order valence-electron chi connectivity index (χ3n) is 5.09. The van der Waals surface area contributed by atoms with Crippen LogP contribution in [0, 0.1) is 6.92 Å². The predicted octanol–water partition coefficient (Wildman–Crippen LogP) is 6.03. The molecule has 0 saturated heterocycles. The molecule has 32 heavy (non-hydrogen) atoms. The molecule has 3 aromatic carbocycles. The molecular formula is C26H23NO4S. The zero-order chi connectivity index (χ0) is 22.5. The first-order valence-corrected chi connectivity index (χ1v) is 10.7. The first-order chi connectivity index (χ1) is 15.5. The Bertz CT molecular complexity index is 1220. The number of rotatable bonds is 7. The maximum absolute atomic E-state index is 11.8. The number of hydrogen-bond donors (Lipinski definition) is 1. The molecule has 0 radical (unpaired) electrons. The number of thiol groups is 1. The normalized spacial score (nSPS) is 11.7. The Labute approximate surface area is 192 Å². The lowest BCUT2D eigenvalue weighted by Crippen LogP contribution is -2.03. The number of methoxy groups -OCH3 is 1. The highest BCUT2D eigenvalue weighted by molar-refractivity contribution is 7.80. The summed E-state index contributed by atoms with van der Waals surface area (Å²) in [5, 5.41) is -0.221. The second kappa shape index (κ2) is 9.75. The topological polar surface area (TPSA) is 61.6 Å². The number of aryl methyl sites for hydroxylation is 1. The van der Waals surface area contributed by atoms with Crippen LogP contribution in [0.1, 0.15) is 38.2 Å². The summed E-state index contributed by atoms with van der Waals surface area (Å²) in [4.78, 5) is 16.4. The summed E-state index contributed by atoms with van der Waals surface area (Å²) in [6, 6.07) is 24.8. The van der Waals surface area contributed by atoms with Gasteiger partial charge in [-0.1, -0.05) is 42.5 Å². The first-order valence-electron chi connectivity index (χ1n) is 10.2. The maximum Gasteiger partial charge on any atom is 0.337 e. The van der Waals surface area contributed by atoms with Gasteiger partial charge in [-0.3, -0.25) is 0 Å². The third kappa shape index (κ3) is 4.86. The van der Waals surface area contributed by atoms with Crippen molar-refractivity contribution in [2.75, 3.05) is 7.11 Å². The third-order valence-corrected chi connectivity index (χ3v) is 5.68. The van der Waals surface area contributed by atoms with Gasteiger partial charge in [-0.05, 0) is 54.4 Å². The molecule has 4 rings (SSSR count). The van der Waals surface area contributed by atoms with E-state index in [2.05, 4.69) is 4.98 Å². The fourth-order valence-corrected chi connectivity index (χ4v) is 3.66. The van der Waals surface area contributed by atoms with Crippen molar-refractivity contribution in [3.63, 3.8) is 0 Å². The SMILES string of the molecule is COC(=O)c1cccc(C(S)c2cccc(OCc3nc(-c4ccccc4)oc3C)c2)c1. The molecule has 0 bridgehead atoms. The highest BCUT2D eigenvalue weighted by Crippen LogP contribution is 2.31. The molecule has 0 saturated carbocycles. The van der Waals surface area contributed by atoms with Gasteiger partial charge >= 0.3 is 5.97 Å². The van der Waals surface area contributed by atoms with E-state index in [1.54, 1.807) is 12.1 Å². The average Bonchev–Trinajstić information content (AvgIpc) is 3.23. The monoisotopic (exact) mass is 445 g/mol. The van der Waals surface area contributed by atoms with E-state index in [0.717, 1.165) is 28.1 Å². The second-order valence-electron chi connectivity index (χ2n) is 7.27. The first kappa shape index (κ1) is 21.7. The highest BCUT2D eigenvalue weighted by Gasteiger charge is 2.15. The van der Waals surface area contributed by atoms with Gasteiger partial charge in [-0.2, -0.15) is 12.6 Å². The van der Waals surface area contributed by atoms with E-state index in [4.69, 9.17) is 26.5 Å². The van der Waals surface area contributed by atoms with E-state index in [-0.39, 0.29) is 11.2 Å². The number of carbonyl (C=O) groups excluding carboxylic acids is 1. The Kier molecular flexibility index (Phi) is 6.61. The minimum absolute atomic E-state index is 0.221. The average molecular weight is 446 g/mol. The Balaban J connectivity index is 1.48. The summed E-state index contributed by atoms with van der Waals surface area (Å²) < 4.78 is 16.6. The summed E-state index contributed by atoms with van der Waals surface area (Å²) in [7, 11) is 1.37. The molecule has 1 aromatic heterocycles. The molecule has 1 atom stereocenters. The highest BCUT2D eigenvalue weighted by atomic mass is 32.1. The zero-order valence-electron chi connectivity index (χ0n) is 17.8. The lowest BCUT2D eigenvalue weighted by molar-refractivity contribution is 0.0600.